The number of ether oxygens (including phenoxy) is 1. The minimum Gasteiger partial charge on any atom is -0.493 e. The van der Waals surface area contributed by atoms with Gasteiger partial charge in [0.1, 0.15) is 5.75 Å². The third kappa shape index (κ3) is 2.14. The van der Waals surface area contributed by atoms with E-state index in [0.717, 1.165) is 36.6 Å². The van der Waals surface area contributed by atoms with Crippen molar-refractivity contribution in [2.75, 3.05) is 11.9 Å². The molecule has 0 aromatic heterocycles. The third-order valence-electron chi connectivity index (χ3n) is 4.16. The number of benzene rings is 2. The van der Waals surface area contributed by atoms with Crippen LogP contribution < -0.4 is 10.1 Å². The summed E-state index contributed by atoms with van der Waals surface area (Å²) in [6, 6.07) is 13.1. The van der Waals surface area contributed by atoms with Crippen molar-refractivity contribution in [2.24, 2.45) is 0 Å². The Morgan fingerprint density at radius 2 is 1.90 bits per heavy atom. The van der Waals surface area contributed by atoms with Crippen LogP contribution in [-0.2, 0) is 19.3 Å². The topological polar surface area (TPSA) is 21.3 Å². The van der Waals surface area contributed by atoms with E-state index < -0.39 is 0 Å². The summed E-state index contributed by atoms with van der Waals surface area (Å²) in [4.78, 5) is 0. The lowest BCUT2D eigenvalue weighted by Gasteiger charge is -2.14. The summed E-state index contributed by atoms with van der Waals surface area (Å²) in [6.45, 7) is 0.812. The smallest absolute Gasteiger partial charge is 0.122 e. The van der Waals surface area contributed by atoms with E-state index in [0.29, 0.717) is 6.04 Å². The molecule has 0 fully saturated rings. The highest BCUT2D eigenvalue weighted by Gasteiger charge is 2.22. The van der Waals surface area contributed by atoms with Crippen molar-refractivity contribution in [3.05, 3.63) is 58.1 Å². The number of anilines is 1. The van der Waals surface area contributed by atoms with Gasteiger partial charge in [0.15, 0.2) is 0 Å². The summed E-state index contributed by atoms with van der Waals surface area (Å²) in [7, 11) is 0. The molecule has 20 heavy (non-hydrogen) atoms. The molecule has 0 saturated heterocycles. The summed E-state index contributed by atoms with van der Waals surface area (Å²) >= 11 is 6.06. The first-order valence-corrected chi connectivity index (χ1v) is 7.45. The van der Waals surface area contributed by atoms with Crippen molar-refractivity contribution >= 4 is 17.3 Å². The maximum atomic E-state index is 6.06. The van der Waals surface area contributed by atoms with E-state index in [4.69, 9.17) is 16.3 Å². The molecule has 0 spiro atoms. The first-order chi connectivity index (χ1) is 9.78. The van der Waals surface area contributed by atoms with Gasteiger partial charge in [0.2, 0.25) is 0 Å². The highest BCUT2D eigenvalue weighted by molar-refractivity contribution is 6.30. The van der Waals surface area contributed by atoms with Crippen LogP contribution in [0.15, 0.2) is 36.4 Å². The molecule has 1 aliphatic heterocycles. The monoisotopic (exact) mass is 285 g/mol. The van der Waals surface area contributed by atoms with Crippen molar-refractivity contribution in [3.8, 4) is 5.75 Å². The second kappa shape index (κ2) is 4.71. The average Bonchev–Trinajstić information content (AvgIpc) is 3.03. The van der Waals surface area contributed by atoms with Crippen LogP contribution in [0.3, 0.4) is 0 Å². The summed E-state index contributed by atoms with van der Waals surface area (Å²) in [6.07, 6.45) is 3.13. The lowest BCUT2D eigenvalue weighted by molar-refractivity contribution is 0.357. The molecule has 3 heteroatoms. The predicted octanol–water partition coefficient (Wildman–Crippen LogP) is 3.85. The van der Waals surface area contributed by atoms with Gasteiger partial charge in [-0.15, -0.1) is 0 Å². The molecule has 102 valence electrons. The minimum atomic E-state index is 0.462. The van der Waals surface area contributed by atoms with E-state index in [2.05, 4.69) is 35.6 Å². The fraction of sp³-hybridized carbons (Fsp3) is 0.294. The van der Waals surface area contributed by atoms with Crippen LogP contribution in [0.25, 0.3) is 0 Å². The zero-order valence-electron chi connectivity index (χ0n) is 11.2. The van der Waals surface area contributed by atoms with Gasteiger partial charge in [0.05, 0.1) is 6.61 Å². The van der Waals surface area contributed by atoms with Gasteiger partial charge in [-0.1, -0.05) is 17.7 Å². The minimum absolute atomic E-state index is 0.462. The Labute approximate surface area is 123 Å². The van der Waals surface area contributed by atoms with Gasteiger partial charge < -0.3 is 10.1 Å². The molecule has 1 N–H and O–H groups in total. The molecule has 1 unspecified atom stereocenters. The molecular formula is C17H16ClNO. The number of hydrogen-bond acceptors (Lipinski definition) is 2. The Hall–Kier alpha value is -1.67. The van der Waals surface area contributed by atoms with Gasteiger partial charge >= 0.3 is 0 Å². The Morgan fingerprint density at radius 3 is 2.85 bits per heavy atom. The Bertz CT molecular complexity index is 668. The van der Waals surface area contributed by atoms with E-state index >= 15 is 0 Å². The number of halogens is 1. The second-order valence-corrected chi connectivity index (χ2v) is 6.02. The zero-order chi connectivity index (χ0) is 13.5. The average molecular weight is 286 g/mol. The van der Waals surface area contributed by atoms with E-state index in [1.54, 1.807) is 0 Å². The van der Waals surface area contributed by atoms with Crippen LogP contribution in [0.2, 0.25) is 5.02 Å². The molecule has 0 amide bonds. The van der Waals surface area contributed by atoms with Crippen molar-refractivity contribution in [1.82, 2.24) is 0 Å². The summed E-state index contributed by atoms with van der Waals surface area (Å²) < 4.78 is 5.54. The van der Waals surface area contributed by atoms with Gasteiger partial charge in [-0.25, -0.2) is 0 Å². The highest BCUT2D eigenvalue weighted by atomic mass is 35.5. The molecule has 0 saturated carbocycles. The molecule has 4 rings (SSSR count). The Balaban J connectivity index is 1.51. The van der Waals surface area contributed by atoms with Gasteiger partial charge in [-0.2, -0.15) is 0 Å². The molecule has 2 aromatic carbocycles. The van der Waals surface area contributed by atoms with Crippen LogP contribution in [0.5, 0.6) is 5.75 Å². The molecule has 1 atom stereocenters. The molecule has 2 nitrogen and oxygen atoms in total. The fourth-order valence-electron chi connectivity index (χ4n) is 3.20. The van der Waals surface area contributed by atoms with Gasteiger partial charge in [-0.3, -0.25) is 0 Å². The molecule has 0 radical (unpaired) electrons. The number of rotatable bonds is 2. The molecule has 0 bridgehead atoms. The second-order valence-electron chi connectivity index (χ2n) is 5.58. The zero-order valence-corrected chi connectivity index (χ0v) is 11.9. The van der Waals surface area contributed by atoms with Crippen LogP contribution in [-0.4, -0.2) is 12.6 Å². The first kappa shape index (κ1) is 12.1. The van der Waals surface area contributed by atoms with Crippen LogP contribution >= 0.6 is 11.6 Å². The molecule has 2 aliphatic rings. The van der Waals surface area contributed by atoms with Crippen molar-refractivity contribution in [1.29, 1.82) is 0 Å². The number of hydrogen-bond donors (Lipinski definition) is 1. The summed E-state index contributed by atoms with van der Waals surface area (Å²) in [5, 5.41) is 4.47. The largest absolute Gasteiger partial charge is 0.493 e. The van der Waals surface area contributed by atoms with Crippen molar-refractivity contribution in [2.45, 2.75) is 25.3 Å². The first-order valence-electron chi connectivity index (χ1n) is 7.07. The normalized spacial score (nSPS) is 19.4. The maximum Gasteiger partial charge on any atom is 0.122 e. The van der Waals surface area contributed by atoms with Crippen molar-refractivity contribution in [3.63, 3.8) is 0 Å². The molecule has 1 aliphatic carbocycles. The van der Waals surface area contributed by atoms with E-state index in [1.165, 1.54) is 22.4 Å². The lowest BCUT2D eigenvalue weighted by atomic mass is 10.1. The van der Waals surface area contributed by atoms with E-state index in [9.17, 15) is 0 Å². The third-order valence-corrected chi connectivity index (χ3v) is 4.40. The van der Waals surface area contributed by atoms with Gasteiger partial charge in [0, 0.05) is 23.2 Å². The highest BCUT2D eigenvalue weighted by Crippen LogP contribution is 2.30. The fourth-order valence-corrected chi connectivity index (χ4v) is 3.40. The quantitative estimate of drug-likeness (QED) is 0.905. The Kier molecular flexibility index (Phi) is 2.85. The van der Waals surface area contributed by atoms with Gasteiger partial charge in [0.25, 0.3) is 0 Å². The van der Waals surface area contributed by atoms with Crippen LogP contribution in [0.4, 0.5) is 5.69 Å². The molecule has 2 aromatic rings. The van der Waals surface area contributed by atoms with E-state index in [-0.39, 0.29) is 0 Å². The summed E-state index contributed by atoms with van der Waals surface area (Å²) in [5.74, 6) is 1.04. The molecule has 1 heterocycles. The SMILES string of the molecule is Clc1ccc2c(c1)CC(Nc1ccc3c(c1)CCO3)C2. The predicted molar refractivity (Wildman–Crippen MR) is 81.9 cm³/mol. The maximum absolute atomic E-state index is 6.06. The number of nitrogens with one attached hydrogen (secondary N) is 1. The van der Waals surface area contributed by atoms with Gasteiger partial charge in [-0.05, 0) is 59.9 Å². The number of fused-ring (bicyclic) bond motifs is 2. The van der Waals surface area contributed by atoms with E-state index in [1.807, 2.05) is 6.07 Å². The van der Waals surface area contributed by atoms with Crippen molar-refractivity contribution < 1.29 is 4.74 Å². The van der Waals surface area contributed by atoms with Crippen LogP contribution in [0.1, 0.15) is 16.7 Å². The lowest BCUT2D eigenvalue weighted by Crippen LogP contribution is -2.19. The molecular weight excluding hydrogens is 270 g/mol. The van der Waals surface area contributed by atoms with Crippen LogP contribution in [0, 0.1) is 0 Å². The summed E-state index contributed by atoms with van der Waals surface area (Å²) in [5.41, 5.74) is 5.29. The standard InChI is InChI=1S/C17H16ClNO/c18-14-2-1-11-8-16(10-13(11)7-14)19-15-3-4-17-12(9-15)5-6-20-17/h1-4,7,9,16,19H,5-6,8,10H2. The Morgan fingerprint density at radius 1 is 1.00 bits per heavy atom.